The molecule has 58 heavy (non-hydrogen) atoms. The number of hydrogen-bond acceptors (Lipinski definition) is 7. The van der Waals surface area contributed by atoms with E-state index in [0.29, 0.717) is 74.0 Å². The van der Waals surface area contributed by atoms with Crippen LogP contribution in [0.1, 0.15) is 212 Å². The van der Waals surface area contributed by atoms with Gasteiger partial charge in [0, 0.05) is 0 Å². The predicted molar refractivity (Wildman–Crippen MR) is 243 cm³/mol. The number of hydrogen-bond donors (Lipinski definition) is 0. The van der Waals surface area contributed by atoms with Gasteiger partial charge in [-0.2, -0.15) is 0 Å². The van der Waals surface area contributed by atoms with Crippen molar-refractivity contribution in [3.63, 3.8) is 0 Å². The minimum absolute atomic E-state index is 0.255. The number of ether oxygens (including phenoxy) is 6. The van der Waals surface area contributed by atoms with Crippen molar-refractivity contribution in [2.75, 3.05) is 39.6 Å². The zero-order chi connectivity index (χ0) is 41.9. The Kier molecular flexibility index (Phi) is 30.2. The highest BCUT2D eigenvalue weighted by molar-refractivity contribution is 6.14. The summed E-state index contributed by atoms with van der Waals surface area (Å²) in [6, 6.07) is 9.93. The fourth-order valence-corrected chi connectivity index (χ4v) is 6.74. The first-order chi connectivity index (χ1) is 28.6. The van der Waals surface area contributed by atoms with Crippen molar-refractivity contribution < 1.29 is 33.2 Å². The fourth-order valence-electron chi connectivity index (χ4n) is 6.74. The Hall–Kier alpha value is -3.35. The van der Waals surface area contributed by atoms with Gasteiger partial charge in [-0.05, 0) is 50.2 Å². The van der Waals surface area contributed by atoms with Crippen LogP contribution in [0, 0.1) is 0 Å². The van der Waals surface area contributed by atoms with Crippen LogP contribution in [-0.4, -0.2) is 45.4 Å². The van der Waals surface area contributed by atoms with Crippen LogP contribution in [0.25, 0.3) is 6.08 Å². The smallest absolute Gasteiger partial charge is 0.235 e. The maximum absolute atomic E-state index is 15.5. The number of Topliss-reactive ketones (excluding diaryl/α,β-unsaturated/α-hetero) is 1. The Labute approximate surface area is 355 Å². The van der Waals surface area contributed by atoms with Crippen LogP contribution in [0.3, 0.4) is 0 Å². The summed E-state index contributed by atoms with van der Waals surface area (Å²) in [5, 5.41) is 0. The largest absolute Gasteiger partial charge is 0.489 e. The lowest BCUT2D eigenvalue weighted by atomic mass is 10.0. The van der Waals surface area contributed by atoms with Crippen LogP contribution in [0.4, 0.5) is 0 Å². The minimum atomic E-state index is -0.298. The molecule has 0 heterocycles. The van der Waals surface area contributed by atoms with E-state index in [0.717, 1.165) is 160 Å². The van der Waals surface area contributed by atoms with Gasteiger partial charge in [0.25, 0.3) is 0 Å². The van der Waals surface area contributed by atoms with Gasteiger partial charge in [0.05, 0.1) is 39.6 Å². The molecule has 0 atom stereocenters. The first-order valence-electron chi connectivity index (χ1n) is 23.9. The van der Waals surface area contributed by atoms with Gasteiger partial charge in [-0.3, -0.25) is 4.79 Å². The maximum Gasteiger partial charge on any atom is 0.235 e. The van der Waals surface area contributed by atoms with Gasteiger partial charge in [-0.15, -0.1) is 0 Å². The third-order valence-electron chi connectivity index (χ3n) is 10.3. The zero-order valence-electron chi connectivity index (χ0n) is 38.0. The minimum Gasteiger partial charge on any atom is -0.489 e. The van der Waals surface area contributed by atoms with E-state index in [9.17, 15) is 0 Å². The standard InChI is InChI=1S/C51H84O7/c1-7-13-19-28-36-53-44(42-43-34-26-25-27-35-43)46(52)45-47(54-37-29-20-14-8-2)49(56-39-31-22-16-10-4)51(58-41-33-24-18-12-6)50(57-40-32-23-17-11-5)48(45)55-38-30-21-15-9-3/h25-27,34-35,42H,7-24,28-33,36-41H2,1-6H3. The van der Waals surface area contributed by atoms with E-state index in [-0.39, 0.29) is 11.5 Å². The highest BCUT2D eigenvalue weighted by atomic mass is 16.6. The van der Waals surface area contributed by atoms with Crippen LogP contribution in [0.15, 0.2) is 36.1 Å². The van der Waals surface area contributed by atoms with E-state index in [2.05, 4.69) is 41.5 Å². The first kappa shape index (κ1) is 50.8. The van der Waals surface area contributed by atoms with Crippen LogP contribution in [0.2, 0.25) is 0 Å². The van der Waals surface area contributed by atoms with Crippen molar-refractivity contribution in [3.8, 4) is 28.7 Å². The zero-order valence-corrected chi connectivity index (χ0v) is 38.0. The SMILES string of the molecule is CCCCCCOC(=Cc1ccccc1)C(=O)c1c(OCCCCCC)c(OCCCCCC)c(OCCCCCC)c(OCCCCCC)c1OCCCCCC. The third kappa shape index (κ3) is 20.6. The topological polar surface area (TPSA) is 72.5 Å². The van der Waals surface area contributed by atoms with E-state index < -0.39 is 0 Å². The lowest BCUT2D eigenvalue weighted by Gasteiger charge is -2.26. The normalized spacial score (nSPS) is 11.4. The molecule has 0 aliphatic carbocycles. The number of ketones is 1. The highest BCUT2D eigenvalue weighted by Gasteiger charge is 2.36. The molecule has 0 bridgehead atoms. The predicted octanol–water partition coefficient (Wildman–Crippen LogP) is 15.3. The molecule has 2 rings (SSSR count). The molecule has 0 spiro atoms. The number of carbonyl (C=O) groups excluding carboxylic acids is 1. The Bertz CT molecular complexity index is 1290. The summed E-state index contributed by atoms with van der Waals surface area (Å²) in [4.78, 5) is 15.5. The third-order valence-corrected chi connectivity index (χ3v) is 10.3. The van der Waals surface area contributed by atoms with Crippen LogP contribution in [-0.2, 0) is 4.74 Å². The quantitative estimate of drug-likeness (QED) is 0.0288. The maximum atomic E-state index is 15.5. The lowest BCUT2D eigenvalue weighted by molar-refractivity contribution is 0.0907. The van der Waals surface area contributed by atoms with Gasteiger partial charge < -0.3 is 28.4 Å². The summed E-state index contributed by atoms with van der Waals surface area (Å²) in [6.07, 6.45) is 26.9. The second kappa shape index (κ2) is 34.5. The molecule has 0 saturated heterocycles. The Morgan fingerprint density at radius 2 is 0.707 bits per heavy atom. The van der Waals surface area contributed by atoms with Crippen LogP contribution >= 0.6 is 0 Å². The molecule has 330 valence electrons. The average Bonchev–Trinajstić information content (AvgIpc) is 3.24. The van der Waals surface area contributed by atoms with E-state index in [1.165, 1.54) is 0 Å². The number of allylic oxidation sites excluding steroid dienone is 1. The molecule has 0 unspecified atom stereocenters. The Morgan fingerprint density at radius 3 is 1.05 bits per heavy atom. The van der Waals surface area contributed by atoms with Crippen molar-refractivity contribution in [3.05, 3.63) is 47.2 Å². The van der Waals surface area contributed by atoms with Gasteiger partial charge in [0.1, 0.15) is 5.56 Å². The van der Waals surface area contributed by atoms with Crippen molar-refractivity contribution in [2.45, 2.75) is 196 Å². The summed E-state index contributed by atoms with van der Waals surface area (Å²) in [6.45, 7) is 16.0. The van der Waals surface area contributed by atoms with E-state index in [1.54, 1.807) is 0 Å². The Morgan fingerprint density at radius 1 is 0.397 bits per heavy atom. The molecule has 2 aromatic carbocycles. The van der Waals surface area contributed by atoms with Gasteiger partial charge in [0.2, 0.25) is 23.0 Å². The van der Waals surface area contributed by atoms with Gasteiger partial charge in [0.15, 0.2) is 17.3 Å². The van der Waals surface area contributed by atoms with Crippen molar-refractivity contribution in [2.24, 2.45) is 0 Å². The summed E-state index contributed by atoms with van der Waals surface area (Å²) in [7, 11) is 0. The van der Waals surface area contributed by atoms with Crippen molar-refractivity contribution in [1.29, 1.82) is 0 Å². The average molecular weight is 809 g/mol. The first-order valence-corrected chi connectivity index (χ1v) is 23.9. The molecule has 0 N–H and O–H groups in total. The molecule has 0 saturated carbocycles. The molecule has 0 fully saturated rings. The molecule has 0 radical (unpaired) electrons. The number of benzene rings is 2. The molecule has 0 aliphatic heterocycles. The molecule has 0 amide bonds. The second-order valence-corrected chi connectivity index (χ2v) is 15.7. The van der Waals surface area contributed by atoms with E-state index in [1.807, 2.05) is 36.4 Å². The molecule has 0 aliphatic rings. The van der Waals surface area contributed by atoms with Crippen LogP contribution in [0.5, 0.6) is 28.7 Å². The summed E-state index contributed by atoms with van der Waals surface area (Å²) >= 11 is 0. The fraction of sp³-hybridized carbons (Fsp3) is 0.706. The highest BCUT2D eigenvalue weighted by Crippen LogP contribution is 2.55. The number of carbonyl (C=O) groups is 1. The molecule has 0 aromatic heterocycles. The summed E-state index contributed by atoms with van der Waals surface area (Å²) in [5.41, 5.74) is 1.18. The van der Waals surface area contributed by atoms with Gasteiger partial charge in [-0.25, -0.2) is 0 Å². The summed E-state index contributed by atoms with van der Waals surface area (Å²) < 4.78 is 40.4. The Balaban J connectivity index is 2.96. The molecule has 7 nitrogen and oxygen atoms in total. The monoisotopic (exact) mass is 809 g/mol. The van der Waals surface area contributed by atoms with Gasteiger partial charge in [-0.1, -0.05) is 187 Å². The van der Waals surface area contributed by atoms with Gasteiger partial charge >= 0.3 is 0 Å². The second-order valence-electron chi connectivity index (χ2n) is 15.7. The van der Waals surface area contributed by atoms with Crippen LogP contribution < -0.4 is 23.7 Å². The van der Waals surface area contributed by atoms with E-state index in [4.69, 9.17) is 28.4 Å². The molecule has 2 aromatic rings. The van der Waals surface area contributed by atoms with Crippen molar-refractivity contribution in [1.82, 2.24) is 0 Å². The van der Waals surface area contributed by atoms with Crippen molar-refractivity contribution >= 4 is 11.9 Å². The summed E-state index contributed by atoms with van der Waals surface area (Å²) in [5.74, 6) is 2.06. The molecular weight excluding hydrogens is 725 g/mol. The van der Waals surface area contributed by atoms with E-state index >= 15 is 4.79 Å². The number of unbranched alkanes of at least 4 members (excludes halogenated alkanes) is 18. The molecule has 7 heteroatoms. The lowest BCUT2D eigenvalue weighted by Crippen LogP contribution is -2.17. The molecular formula is C51H84O7. The number of rotatable bonds is 39.